The fourth-order valence-electron chi connectivity index (χ4n) is 2.59. The van der Waals surface area contributed by atoms with E-state index < -0.39 is 10.0 Å². The van der Waals surface area contributed by atoms with E-state index in [0.29, 0.717) is 29.4 Å². The molecule has 6 nitrogen and oxygen atoms in total. The summed E-state index contributed by atoms with van der Waals surface area (Å²) in [5, 5.41) is 3.63. The quantitative estimate of drug-likeness (QED) is 0.642. The minimum Gasteiger partial charge on any atom is -0.349 e. The van der Waals surface area contributed by atoms with E-state index in [4.69, 9.17) is 11.6 Å². The molecule has 0 aliphatic carbocycles. The van der Waals surface area contributed by atoms with Gasteiger partial charge in [-0.05, 0) is 44.3 Å². The minimum atomic E-state index is -3.20. The summed E-state index contributed by atoms with van der Waals surface area (Å²) in [4.78, 5) is 16.0. The molecule has 2 rings (SSSR count). The van der Waals surface area contributed by atoms with Crippen molar-refractivity contribution in [2.45, 2.75) is 12.5 Å². The van der Waals surface area contributed by atoms with Crippen LogP contribution in [0.2, 0.25) is 5.02 Å². The predicted octanol–water partition coefficient (Wildman–Crippen LogP) is 2.53. The second kappa shape index (κ2) is 9.66. The monoisotopic (exact) mass is 429 g/mol. The molecule has 9 heteroatoms. The Kier molecular flexibility index (Phi) is 7.81. The molecule has 0 aliphatic heterocycles. The third kappa shape index (κ3) is 6.90. The summed E-state index contributed by atoms with van der Waals surface area (Å²) in [6.45, 7) is 0.744. The number of amides is 1. The smallest absolute Gasteiger partial charge is 0.261 e. The van der Waals surface area contributed by atoms with Crippen LogP contribution in [0.25, 0.3) is 0 Å². The maximum absolute atomic E-state index is 12.5. The molecule has 2 aromatic rings. The highest BCUT2D eigenvalue weighted by Crippen LogP contribution is 2.25. The van der Waals surface area contributed by atoms with E-state index in [1.54, 1.807) is 6.07 Å². The van der Waals surface area contributed by atoms with Crippen LogP contribution in [0.1, 0.15) is 26.2 Å². The Bertz CT molecular complexity index is 881. The van der Waals surface area contributed by atoms with Crippen molar-refractivity contribution in [3.05, 3.63) is 56.7 Å². The lowest BCUT2D eigenvalue weighted by atomic mass is 10.1. The zero-order valence-electron chi connectivity index (χ0n) is 15.5. The maximum atomic E-state index is 12.5. The first-order valence-corrected chi connectivity index (χ1v) is 11.5. The van der Waals surface area contributed by atoms with Crippen molar-refractivity contribution < 1.29 is 13.2 Å². The SMILES string of the molecule is CN(C)C(CNC(=O)c1ccc(CCNS(C)(=O)=O)s1)c1ccccc1Cl. The Morgan fingerprint density at radius 1 is 1.22 bits per heavy atom. The van der Waals surface area contributed by atoms with Gasteiger partial charge in [-0.15, -0.1) is 11.3 Å². The maximum Gasteiger partial charge on any atom is 0.261 e. The average molecular weight is 430 g/mol. The van der Waals surface area contributed by atoms with Crippen LogP contribution < -0.4 is 10.0 Å². The van der Waals surface area contributed by atoms with Crippen LogP contribution in [0.15, 0.2) is 36.4 Å². The molecular weight excluding hydrogens is 406 g/mol. The summed E-state index contributed by atoms with van der Waals surface area (Å²) in [6, 6.07) is 11.2. The average Bonchev–Trinajstić information content (AvgIpc) is 3.04. The van der Waals surface area contributed by atoms with Crippen molar-refractivity contribution in [3.8, 4) is 0 Å². The number of rotatable bonds is 9. The number of halogens is 1. The summed E-state index contributed by atoms with van der Waals surface area (Å²) in [5.41, 5.74) is 0.961. The molecule has 0 fully saturated rings. The number of sulfonamides is 1. The minimum absolute atomic E-state index is 0.0407. The molecule has 1 aromatic heterocycles. The van der Waals surface area contributed by atoms with Crippen LogP contribution in [0.4, 0.5) is 0 Å². The van der Waals surface area contributed by atoms with Crippen molar-refractivity contribution >= 4 is 38.9 Å². The summed E-state index contributed by atoms with van der Waals surface area (Å²) in [6.07, 6.45) is 1.67. The van der Waals surface area contributed by atoms with Crippen LogP contribution in [0.5, 0.6) is 0 Å². The summed E-state index contributed by atoms with van der Waals surface area (Å²) in [5.74, 6) is -0.152. The fourth-order valence-corrected chi connectivity index (χ4v) is 4.24. The number of nitrogens with zero attached hydrogens (tertiary/aromatic N) is 1. The molecule has 1 heterocycles. The Hall–Kier alpha value is -1.45. The number of carbonyl (C=O) groups is 1. The molecule has 27 heavy (non-hydrogen) atoms. The first kappa shape index (κ1) is 21.8. The van der Waals surface area contributed by atoms with Gasteiger partial charge in [0.25, 0.3) is 5.91 Å². The summed E-state index contributed by atoms with van der Waals surface area (Å²) < 4.78 is 24.6. The molecule has 1 aromatic carbocycles. The van der Waals surface area contributed by atoms with Gasteiger partial charge in [-0.25, -0.2) is 13.1 Å². The molecule has 0 saturated carbocycles. The number of hydrogen-bond acceptors (Lipinski definition) is 5. The van der Waals surface area contributed by atoms with Crippen LogP contribution >= 0.6 is 22.9 Å². The van der Waals surface area contributed by atoms with Crippen molar-refractivity contribution in [1.82, 2.24) is 14.9 Å². The van der Waals surface area contributed by atoms with Gasteiger partial charge in [-0.2, -0.15) is 0 Å². The first-order valence-electron chi connectivity index (χ1n) is 8.40. The third-order valence-electron chi connectivity index (χ3n) is 3.96. The molecule has 1 atom stereocenters. The molecule has 148 valence electrons. The number of likely N-dealkylation sites (N-methyl/N-ethyl adjacent to an activating group) is 1. The van der Waals surface area contributed by atoms with E-state index in [2.05, 4.69) is 10.0 Å². The van der Waals surface area contributed by atoms with Crippen LogP contribution in [-0.4, -0.2) is 52.7 Å². The normalized spacial score (nSPS) is 12.9. The molecule has 0 bridgehead atoms. The standard InChI is InChI=1S/C18H24ClN3O3S2/c1-22(2)16(14-6-4-5-7-15(14)19)12-20-18(23)17-9-8-13(26-17)10-11-21-27(3,24)25/h4-9,16,21H,10-12H2,1-3H3,(H,20,23). The molecule has 0 radical (unpaired) electrons. The number of nitrogens with one attached hydrogen (secondary N) is 2. The predicted molar refractivity (Wildman–Crippen MR) is 111 cm³/mol. The van der Waals surface area contributed by atoms with Gasteiger partial charge in [0.1, 0.15) is 0 Å². The molecule has 2 N–H and O–H groups in total. The van der Waals surface area contributed by atoms with E-state index >= 15 is 0 Å². The lowest BCUT2D eigenvalue weighted by Gasteiger charge is -2.25. The molecule has 0 spiro atoms. The first-order chi connectivity index (χ1) is 12.7. The van der Waals surface area contributed by atoms with Crippen molar-refractivity contribution in [2.75, 3.05) is 33.4 Å². The van der Waals surface area contributed by atoms with Crippen LogP contribution in [0, 0.1) is 0 Å². The van der Waals surface area contributed by atoms with Gasteiger partial charge < -0.3 is 10.2 Å². The lowest BCUT2D eigenvalue weighted by Crippen LogP contribution is -2.34. The van der Waals surface area contributed by atoms with Crippen molar-refractivity contribution in [3.63, 3.8) is 0 Å². The van der Waals surface area contributed by atoms with E-state index in [0.717, 1.165) is 16.7 Å². The zero-order valence-corrected chi connectivity index (χ0v) is 17.9. The summed E-state index contributed by atoms with van der Waals surface area (Å²) >= 11 is 7.66. The van der Waals surface area contributed by atoms with Gasteiger partial charge in [0.2, 0.25) is 10.0 Å². The Labute approximate surface area is 169 Å². The van der Waals surface area contributed by atoms with E-state index in [-0.39, 0.29) is 11.9 Å². The molecule has 1 unspecified atom stereocenters. The van der Waals surface area contributed by atoms with E-state index in [1.165, 1.54) is 11.3 Å². The van der Waals surface area contributed by atoms with Gasteiger partial charge in [-0.1, -0.05) is 29.8 Å². The molecule has 0 saturated heterocycles. The van der Waals surface area contributed by atoms with Gasteiger partial charge in [0, 0.05) is 23.0 Å². The van der Waals surface area contributed by atoms with Gasteiger partial charge in [-0.3, -0.25) is 4.79 Å². The molecule has 0 aliphatic rings. The molecular formula is C18H24ClN3O3S2. The van der Waals surface area contributed by atoms with Crippen LogP contribution in [0.3, 0.4) is 0 Å². The second-order valence-electron chi connectivity index (χ2n) is 6.39. The summed E-state index contributed by atoms with van der Waals surface area (Å²) in [7, 11) is 0.685. The number of carbonyl (C=O) groups excluding carboxylic acids is 1. The zero-order chi connectivity index (χ0) is 20.0. The topological polar surface area (TPSA) is 78.5 Å². The Morgan fingerprint density at radius 2 is 1.93 bits per heavy atom. The van der Waals surface area contributed by atoms with Gasteiger partial charge in [0.05, 0.1) is 17.2 Å². The van der Waals surface area contributed by atoms with E-state index in [1.807, 2.05) is 49.3 Å². The molecule has 1 amide bonds. The highest BCUT2D eigenvalue weighted by atomic mass is 35.5. The Morgan fingerprint density at radius 3 is 2.56 bits per heavy atom. The number of benzene rings is 1. The number of thiophene rings is 1. The highest BCUT2D eigenvalue weighted by molar-refractivity contribution is 7.88. The lowest BCUT2D eigenvalue weighted by molar-refractivity contribution is 0.0946. The third-order valence-corrected chi connectivity index (χ3v) is 6.18. The largest absolute Gasteiger partial charge is 0.349 e. The van der Waals surface area contributed by atoms with Gasteiger partial charge in [0.15, 0.2) is 0 Å². The second-order valence-corrected chi connectivity index (χ2v) is 9.80. The van der Waals surface area contributed by atoms with Crippen molar-refractivity contribution in [2.24, 2.45) is 0 Å². The number of hydrogen-bond donors (Lipinski definition) is 2. The van der Waals surface area contributed by atoms with Crippen molar-refractivity contribution in [1.29, 1.82) is 0 Å². The van der Waals surface area contributed by atoms with E-state index in [9.17, 15) is 13.2 Å². The van der Waals surface area contributed by atoms with Crippen LogP contribution in [-0.2, 0) is 16.4 Å². The Balaban J connectivity index is 1.95. The van der Waals surface area contributed by atoms with Gasteiger partial charge >= 0.3 is 0 Å². The highest BCUT2D eigenvalue weighted by Gasteiger charge is 2.19. The fraction of sp³-hybridized carbons (Fsp3) is 0.389.